The van der Waals surface area contributed by atoms with Gasteiger partial charge in [0.1, 0.15) is 22.5 Å². The van der Waals surface area contributed by atoms with Gasteiger partial charge < -0.3 is 29.4 Å². The minimum absolute atomic E-state index is 0.0121. The van der Waals surface area contributed by atoms with E-state index in [1.54, 1.807) is 46.5 Å². The van der Waals surface area contributed by atoms with Crippen molar-refractivity contribution in [3.05, 3.63) is 47.4 Å². The van der Waals surface area contributed by atoms with Crippen molar-refractivity contribution in [1.29, 1.82) is 0 Å². The largest absolute Gasteiger partial charge is 0.444 e. The summed E-state index contributed by atoms with van der Waals surface area (Å²) < 4.78 is 24.5. The zero-order valence-corrected chi connectivity index (χ0v) is 24.8. The highest BCUT2D eigenvalue weighted by Crippen LogP contribution is 2.34. The van der Waals surface area contributed by atoms with Gasteiger partial charge in [0.15, 0.2) is 11.5 Å². The van der Waals surface area contributed by atoms with Crippen molar-refractivity contribution < 1.29 is 23.8 Å². The zero-order valence-electron chi connectivity index (χ0n) is 24.8. The monoisotopic (exact) mass is 580 g/mol. The first-order chi connectivity index (χ1) is 19.9. The topological polar surface area (TPSA) is 130 Å². The van der Waals surface area contributed by atoms with Crippen LogP contribution in [0.5, 0.6) is 0 Å². The van der Waals surface area contributed by atoms with Crippen LogP contribution in [0.2, 0.25) is 0 Å². The van der Waals surface area contributed by atoms with Gasteiger partial charge in [0.25, 0.3) is 5.91 Å². The first-order valence-electron chi connectivity index (χ1n) is 14.1. The number of halogens is 1. The van der Waals surface area contributed by atoms with Crippen molar-refractivity contribution in [2.45, 2.75) is 65.7 Å². The van der Waals surface area contributed by atoms with Crippen molar-refractivity contribution in [2.24, 2.45) is 7.05 Å². The van der Waals surface area contributed by atoms with Gasteiger partial charge in [-0.1, -0.05) is 0 Å². The second-order valence-corrected chi connectivity index (χ2v) is 11.6. The summed E-state index contributed by atoms with van der Waals surface area (Å²) in [6.45, 7) is 10.7. The Balaban J connectivity index is 1.38. The van der Waals surface area contributed by atoms with Crippen LogP contribution in [-0.4, -0.2) is 77.4 Å². The van der Waals surface area contributed by atoms with Crippen LogP contribution in [-0.2, 0) is 18.4 Å². The van der Waals surface area contributed by atoms with E-state index in [2.05, 4.69) is 25.3 Å². The fourth-order valence-electron chi connectivity index (χ4n) is 5.53. The number of imidazole rings is 1. The average molecular weight is 581 g/mol. The molecule has 4 aromatic rings. The quantitative estimate of drug-likeness (QED) is 0.350. The summed E-state index contributed by atoms with van der Waals surface area (Å²) in [7, 11) is 1.73. The second-order valence-electron chi connectivity index (χ2n) is 11.6. The Morgan fingerprint density at radius 2 is 1.90 bits per heavy atom. The molecule has 1 fully saturated rings. The van der Waals surface area contributed by atoms with E-state index in [9.17, 15) is 14.7 Å². The van der Waals surface area contributed by atoms with Gasteiger partial charge in [0.2, 0.25) is 0 Å². The number of anilines is 2. The minimum Gasteiger partial charge on any atom is -0.444 e. The van der Waals surface area contributed by atoms with E-state index in [0.717, 1.165) is 0 Å². The molecule has 1 saturated heterocycles. The molecule has 0 unspecified atom stereocenters. The van der Waals surface area contributed by atoms with Gasteiger partial charge in [-0.3, -0.25) is 14.5 Å². The fraction of sp³-hybridized carbons (Fsp3) is 0.483. The summed E-state index contributed by atoms with van der Waals surface area (Å²) in [6, 6.07) is 1.40. The molecule has 5 rings (SSSR count). The zero-order chi connectivity index (χ0) is 30.3. The van der Waals surface area contributed by atoms with Gasteiger partial charge in [-0.15, -0.1) is 0 Å². The summed E-state index contributed by atoms with van der Waals surface area (Å²) in [4.78, 5) is 38.7. The molecule has 42 heavy (non-hydrogen) atoms. The van der Waals surface area contributed by atoms with Crippen LogP contribution >= 0.6 is 0 Å². The van der Waals surface area contributed by atoms with E-state index < -0.39 is 17.3 Å². The molecule has 0 bridgehead atoms. The number of carbonyl (C=O) groups excluding carboxylic acids is 2. The van der Waals surface area contributed by atoms with Gasteiger partial charge in [0.05, 0.1) is 29.9 Å². The number of aromatic nitrogens is 5. The number of amides is 2. The van der Waals surface area contributed by atoms with Gasteiger partial charge in [-0.2, -0.15) is 5.10 Å². The minimum atomic E-state index is -0.691. The molecule has 12 nitrogen and oxygen atoms in total. The van der Waals surface area contributed by atoms with Crippen LogP contribution < -0.4 is 10.2 Å². The van der Waals surface area contributed by atoms with E-state index in [-0.39, 0.29) is 35.6 Å². The molecule has 0 saturated carbocycles. The van der Waals surface area contributed by atoms with Crippen molar-refractivity contribution in [3.63, 3.8) is 0 Å². The van der Waals surface area contributed by atoms with Crippen molar-refractivity contribution in [2.75, 3.05) is 29.9 Å². The highest BCUT2D eigenvalue weighted by atomic mass is 19.1. The first kappa shape index (κ1) is 29.2. The van der Waals surface area contributed by atoms with E-state index in [0.29, 0.717) is 60.6 Å². The number of fused-ring (bicyclic) bond motifs is 2. The smallest absolute Gasteiger partial charge is 0.410 e. The number of aryl methyl sites for hydroxylation is 2. The second kappa shape index (κ2) is 11.2. The van der Waals surface area contributed by atoms with Gasteiger partial charge in [-0.05, 0) is 53.5 Å². The Bertz CT molecular complexity index is 1650. The van der Waals surface area contributed by atoms with Crippen LogP contribution in [0.1, 0.15) is 62.3 Å². The van der Waals surface area contributed by atoms with E-state index >= 15 is 4.39 Å². The molecule has 224 valence electrons. The predicted octanol–water partition coefficient (Wildman–Crippen LogP) is 4.03. The number of aliphatic hydroxyl groups is 1. The Hall–Kier alpha value is -4.26. The van der Waals surface area contributed by atoms with Crippen LogP contribution in [0.3, 0.4) is 0 Å². The maximum atomic E-state index is 15.7. The molecule has 4 heterocycles. The molecule has 13 heteroatoms. The lowest BCUT2D eigenvalue weighted by Crippen LogP contribution is -2.48. The van der Waals surface area contributed by atoms with Crippen LogP contribution in [0.15, 0.2) is 24.7 Å². The Kier molecular flexibility index (Phi) is 7.80. The molecule has 1 aliphatic rings. The maximum absolute atomic E-state index is 15.7. The molecule has 2 amide bonds. The first-order valence-corrected chi connectivity index (χ1v) is 14.1. The lowest BCUT2D eigenvalue weighted by atomic mass is 10.0. The molecular formula is C29H37FN8O4. The van der Waals surface area contributed by atoms with Crippen molar-refractivity contribution in [3.8, 4) is 0 Å². The standard InChI is InChI=1S/C29H37FN8O4/c1-7-38(28(41)42-29(3,4)5)19-8-10-36(11-9-19)22-12-21(30)24(25-20(22)14-35(6)34-25)27(40)33-23-15-37-13-18(16-39)31-17(2)26(37)32-23/h12-15,19,39H,7-11,16H2,1-6H3,(H,33,40). The number of nitrogens with zero attached hydrogens (tertiary/aromatic N) is 7. The summed E-state index contributed by atoms with van der Waals surface area (Å²) in [5.41, 5.74) is 1.71. The number of hydrogen-bond donors (Lipinski definition) is 2. The fourth-order valence-corrected chi connectivity index (χ4v) is 5.53. The molecule has 1 aromatic carbocycles. The van der Waals surface area contributed by atoms with Gasteiger partial charge in [-0.25, -0.2) is 14.2 Å². The number of carbonyl (C=O) groups is 2. The third kappa shape index (κ3) is 5.73. The summed E-state index contributed by atoms with van der Waals surface area (Å²) in [5, 5.41) is 17.2. The highest BCUT2D eigenvalue weighted by molar-refractivity contribution is 6.14. The highest BCUT2D eigenvalue weighted by Gasteiger charge is 2.32. The molecule has 0 radical (unpaired) electrons. The molecule has 1 aliphatic heterocycles. The lowest BCUT2D eigenvalue weighted by molar-refractivity contribution is 0.0149. The summed E-state index contributed by atoms with van der Waals surface area (Å²) >= 11 is 0. The number of nitrogens with one attached hydrogen (secondary N) is 1. The van der Waals surface area contributed by atoms with Crippen molar-refractivity contribution >= 4 is 40.1 Å². The summed E-state index contributed by atoms with van der Waals surface area (Å²) in [6.07, 6.45) is 6.04. The Morgan fingerprint density at radius 1 is 1.19 bits per heavy atom. The van der Waals surface area contributed by atoms with E-state index in [4.69, 9.17) is 4.74 Å². The molecule has 0 aliphatic carbocycles. The van der Waals surface area contributed by atoms with Crippen LogP contribution in [0, 0.1) is 12.7 Å². The van der Waals surface area contributed by atoms with Crippen LogP contribution in [0.25, 0.3) is 16.6 Å². The van der Waals surface area contributed by atoms with Gasteiger partial charge >= 0.3 is 6.09 Å². The number of piperidine rings is 1. The van der Waals surface area contributed by atoms with E-state index in [1.807, 2.05) is 27.7 Å². The summed E-state index contributed by atoms with van der Waals surface area (Å²) in [5.74, 6) is -1.14. The lowest BCUT2D eigenvalue weighted by Gasteiger charge is -2.39. The maximum Gasteiger partial charge on any atom is 0.410 e. The molecular weight excluding hydrogens is 543 g/mol. The molecule has 0 spiro atoms. The average Bonchev–Trinajstić information content (AvgIpc) is 3.50. The van der Waals surface area contributed by atoms with Crippen molar-refractivity contribution in [1.82, 2.24) is 29.0 Å². The number of benzene rings is 1. The van der Waals surface area contributed by atoms with Crippen LogP contribution in [0.4, 0.5) is 20.7 Å². The van der Waals surface area contributed by atoms with Gasteiger partial charge in [0, 0.05) is 50.5 Å². The number of aliphatic hydroxyl groups excluding tert-OH is 1. The Labute approximate surface area is 243 Å². The molecule has 2 N–H and O–H groups in total. The normalized spacial score (nSPS) is 14.5. The molecule has 3 aromatic heterocycles. The Morgan fingerprint density at radius 3 is 2.55 bits per heavy atom. The third-order valence-corrected chi connectivity index (χ3v) is 7.34. The number of rotatable bonds is 6. The SMILES string of the molecule is CCN(C(=O)OC(C)(C)C)C1CCN(c2cc(F)c(C(=O)Nc3cn4cc(CO)nc(C)c4n3)c3nn(C)cc23)CC1. The predicted molar refractivity (Wildman–Crippen MR) is 156 cm³/mol. The number of ether oxygens (including phenoxy) is 1. The number of hydrogen-bond acceptors (Lipinski definition) is 8. The van der Waals surface area contributed by atoms with E-state index in [1.165, 1.54) is 6.07 Å². The molecule has 0 atom stereocenters. The third-order valence-electron chi connectivity index (χ3n) is 7.34.